The van der Waals surface area contributed by atoms with E-state index in [9.17, 15) is 14.4 Å². The maximum Gasteiger partial charge on any atom is 0.344 e. The third-order valence-electron chi connectivity index (χ3n) is 4.90. The number of Topliss-reactive ketones (excluding diaryl/α,β-unsaturated/α-hetero) is 1. The lowest BCUT2D eigenvalue weighted by molar-refractivity contribution is -0.146. The van der Waals surface area contributed by atoms with Gasteiger partial charge in [0, 0.05) is 6.07 Å². The first-order valence-electron chi connectivity index (χ1n) is 11.5. The summed E-state index contributed by atoms with van der Waals surface area (Å²) in [6.45, 7) is 2.87. The molecule has 0 aliphatic carbocycles. The largest absolute Gasteiger partial charge is 0.485 e. The number of esters is 2. The lowest BCUT2D eigenvalue weighted by Crippen LogP contribution is -2.18. The second-order valence-electron chi connectivity index (χ2n) is 7.45. The molecule has 0 heterocycles. The minimum Gasteiger partial charge on any atom is -0.485 e. The molecule has 0 aliphatic heterocycles. The molecule has 0 spiro atoms. The molecule has 36 heavy (non-hydrogen) atoms. The maximum absolute atomic E-state index is 12.9. The van der Waals surface area contributed by atoms with Crippen molar-refractivity contribution in [2.75, 3.05) is 33.0 Å². The minimum absolute atomic E-state index is 0.109. The van der Waals surface area contributed by atoms with Gasteiger partial charge in [0.1, 0.15) is 17.2 Å². The number of rotatable bonds is 13. The van der Waals surface area contributed by atoms with Crippen LogP contribution in [0.3, 0.4) is 0 Å². The highest BCUT2D eigenvalue weighted by molar-refractivity contribution is 6.00. The number of benzene rings is 3. The molecule has 0 bridgehead atoms. The SMILES string of the molecule is CCOC(=O)COc1ccc(C(=O)COc2ccc(-c3ccccc3)cc2)c(OCC(=O)OCC)c1. The van der Waals surface area contributed by atoms with Crippen molar-refractivity contribution in [3.63, 3.8) is 0 Å². The van der Waals surface area contributed by atoms with Gasteiger partial charge >= 0.3 is 11.9 Å². The smallest absolute Gasteiger partial charge is 0.344 e. The third kappa shape index (κ3) is 7.87. The number of carbonyl (C=O) groups excluding carboxylic acids is 3. The first kappa shape index (κ1) is 26.3. The van der Waals surface area contributed by atoms with Crippen LogP contribution in [-0.4, -0.2) is 50.8 Å². The number of hydrogen-bond acceptors (Lipinski definition) is 8. The van der Waals surface area contributed by atoms with Gasteiger partial charge < -0.3 is 23.7 Å². The topological polar surface area (TPSA) is 97.4 Å². The predicted octanol–water partition coefficient (Wildman–Crippen LogP) is 4.50. The molecular formula is C28H28O8. The van der Waals surface area contributed by atoms with Gasteiger partial charge in [0.15, 0.2) is 19.8 Å². The second kappa shape index (κ2) is 13.5. The van der Waals surface area contributed by atoms with E-state index in [2.05, 4.69) is 0 Å². The van der Waals surface area contributed by atoms with Crippen LogP contribution in [0.2, 0.25) is 0 Å². The van der Waals surface area contributed by atoms with Crippen molar-refractivity contribution in [2.24, 2.45) is 0 Å². The molecule has 3 aromatic carbocycles. The molecule has 0 radical (unpaired) electrons. The summed E-state index contributed by atoms with van der Waals surface area (Å²) in [6, 6.07) is 21.8. The molecule has 0 saturated carbocycles. The summed E-state index contributed by atoms with van der Waals surface area (Å²) in [6.07, 6.45) is 0. The molecule has 3 rings (SSSR count). The van der Waals surface area contributed by atoms with Crippen molar-refractivity contribution in [3.8, 4) is 28.4 Å². The fraction of sp³-hybridized carbons (Fsp3) is 0.250. The summed E-state index contributed by atoms with van der Waals surface area (Å²) < 4.78 is 26.4. The Morgan fingerprint density at radius 1 is 0.611 bits per heavy atom. The average molecular weight is 493 g/mol. The van der Waals surface area contributed by atoms with E-state index in [1.165, 1.54) is 18.2 Å². The van der Waals surface area contributed by atoms with Crippen LogP contribution in [0.15, 0.2) is 72.8 Å². The zero-order valence-corrected chi connectivity index (χ0v) is 20.2. The first-order chi connectivity index (χ1) is 17.5. The zero-order chi connectivity index (χ0) is 25.8. The number of ether oxygens (including phenoxy) is 5. The fourth-order valence-electron chi connectivity index (χ4n) is 3.23. The summed E-state index contributed by atoms with van der Waals surface area (Å²) >= 11 is 0. The molecule has 0 atom stereocenters. The van der Waals surface area contributed by atoms with E-state index in [1.54, 1.807) is 26.0 Å². The maximum atomic E-state index is 12.9. The molecule has 0 unspecified atom stereocenters. The lowest BCUT2D eigenvalue weighted by atomic mass is 10.1. The van der Waals surface area contributed by atoms with Crippen LogP contribution in [0.5, 0.6) is 17.2 Å². The standard InChI is InChI=1S/C28H28O8/c1-3-32-27(30)18-35-23-14-15-24(26(16-23)36-19-28(31)33-4-2)25(29)17-34-22-12-10-21(11-13-22)20-8-6-5-7-9-20/h5-16H,3-4,17-19H2,1-2H3. The van der Waals surface area contributed by atoms with E-state index in [4.69, 9.17) is 23.7 Å². The summed E-state index contributed by atoms with van der Waals surface area (Å²) in [7, 11) is 0. The van der Waals surface area contributed by atoms with Crippen LogP contribution in [-0.2, 0) is 19.1 Å². The van der Waals surface area contributed by atoms with Gasteiger partial charge in [-0.2, -0.15) is 0 Å². The molecule has 0 N–H and O–H groups in total. The molecule has 8 nitrogen and oxygen atoms in total. The summed E-state index contributed by atoms with van der Waals surface area (Å²) in [4.78, 5) is 36.3. The highest BCUT2D eigenvalue weighted by Gasteiger charge is 2.17. The minimum atomic E-state index is -0.580. The van der Waals surface area contributed by atoms with Gasteiger partial charge in [0.25, 0.3) is 0 Å². The highest BCUT2D eigenvalue weighted by atomic mass is 16.6. The highest BCUT2D eigenvalue weighted by Crippen LogP contribution is 2.27. The van der Waals surface area contributed by atoms with Crippen LogP contribution in [0.4, 0.5) is 0 Å². The van der Waals surface area contributed by atoms with Gasteiger partial charge in [-0.25, -0.2) is 9.59 Å². The van der Waals surface area contributed by atoms with Gasteiger partial charge in [-0.3, -0.25) is 4.79 Å². The molecule has 0 aromatic heterocycles. The second-order valence-corrected chi connectivity index (χ2v) is 7.45. The van der Waals surface area contributed by atoms with Crippen molar-refractivity contribution in [1.82, 2.24) is 0 Å². The van der Waals surface area contributed by atoms with Crippen LogP contribution < -0.4 is 14.2 Å². The van der Waals surface area contributed by atoms with E-state index >= 15 is 0 Å². The lowest BCUT2D eigenvalue weighted by Gasteiger charge is -2.13. The van der Waals surface area contributed by atoms with E-state index in [0.29, 0.717) is 5.75 Å². The molecule has 0 saturated heterocycles. The quantitative estimate of drug-likeness (QED) is 0.254. The van der Waals surface area contributed by atoms with Crippen LogP contribution in [0.1, 0.15) is 24.2 Å². The van der Waals surface area contributed by atoms with Gasteiger partial charge in [0.05, 0.1) is 18.8 Å². The summed E-state index contributed by atoms with van der Waals surface area (Å²) in [5, 5.41) is 0. The number of hydrogen-bond donors (Lipinski definition) is 0. The molecular weight excluding hydrogens is 464 g/mol. The Hall–Kier alpha value is -4.33. The molecule has 0 amide bonds. The van der Waals surface area contributed by atoms with Gasteiger partial charge in [-0.15, -0.1) is 0 Å². The van der Waals surface area contributed by atoms with Gasteiger partial charge in [-0.1, -0.05) is 42.5 Å². The monoisotopic (exact) mass is 492 g/mol. The Kier molecular flexibility index (Phi) is 9.88. The van der Waals surface area contributed by atoms with E-state index in [-0.39, 0.29) is 49.3 Å². The van der Waals surface area contributed by atoms with Crippen molar-refractivity contribution < 1.29 is 38.1 Å². The van der Waals surface area contributed by atoms with E-state index in [0.717, 1.165) is 11.1 Å². The fourth-order valence-corrected chi connectivity index (χ4v) is 3.23. The Bertz CT molecular complexity index is 1160. The Labute approximate surface area is 209 Å². The molecule has 0 aliphatic rings. The Balaban J connectivity index is 1.68. The Morgan fingerprint density at radius 3 is 1.81 bits per heavy atom. The zero-order valence-electron chi connectivity index (χ0n) is 20.2. The summed E-state index contributed by atoms with van der Waals surface area (Å²) in [5.41, 5.74) is 2.31. The van der Waals surface area contributed by atoms with Gasteiger partial charge in [0.2, 0.25) is 5.78 Å². The Morgan fingerprint density at radius 2 is 1.17 bits per heavy atom. The number of ketones is 1. The average Bonchev–Trinajstić information content (AvgIpc) is 2.90. The van der Waals surface area contributed by atoms with Crippen LogP contribution >= 0.6 is 0 Å². The normalized spacial score (nSPS) is 10.3. The molecule has 3 aromatic rings. The van der Waals surface area contributed by atoms with Crippen molar-refractivity contribution in [3.05, 3.63) is 78.4 Å². The molecule has 0 fully saturated rings. The third-order valence-corrected chi connectivity index (χ3v) is 4.90. The predicted molar refractivity (Wildman–Crippen MR) is 132 cm³/mol. The van der Waals surface area contributed by atoms with Crippen molar-refractivity contribution in [1.29, 1.82) is 0 Å². The first-order valence-corrected chi connectivity index (χ1v) is 11.5. The molecule has 8 heteroatoms. The van der Waals surface area contributed by atoms with E-state index < -0.39 is 18.5 Å². The van der Waals surface area contributed by atoms with Crippen LogP contribution in [0.25, 0.3) is 11.1 Å². The van der Waals surface area contributed by atoms with E-state index in [1.807, 2.05) is 42.5 Å². The van der Waals surface area contributed by atoms with Crippen molar-refractivity contribution >= 4 is 17.7 Å². The molecule has 188 valence electrons. The van der Waals surface area contributed by atoms with Gasteiger partial charge in [-0.05, 0) is 49.2 Å². The number of carbonyl (C=O) groups is 3. The van der Waals surface area contributed by atoms with Crippen LogP contribution in [0, 0.1) is 0 Å². The summed E-state index contributed by atoms with van der Waals surface area (Å²) in [5.74, 6) is -0.556. The van der Waals surface area contributed by atoms with Crippen molar-refractivity contribution in [2.45, 2.75) is 13.8 Å².